The Kier molecular flexibility index (Phi) is 4.71. The molecule has 0 saturated heterocycles. The molecular formula is C10H18N4O2S. The predicted octanol–water partition coefficient (Wildman–Crippen LogP) is 0.514. The molecule has 1 aromatic rings. The predicted molar refractivity (Wildman–Crippen MR) is 69.3 cm³/mol. The van der Waals surface area contributed by atoms with Gasteiger partial charge in [-0.25, -0.2) is 4.98 Å². The molecule has 17 heavy (non-hydrogen) atoms. The Morgan fingerprint density at radius 1 is 1.59 bits per heavy atom. The number of aliphatic hydroxyl groups is 1. The van der Waals surface area contributed by atoms with Crippen LogP contribution in [0.15, 0.2) is 0 Å². The molecule has 7 heteroatoms. The smallest absolute Gasteiger partial charge is 0.265 e. The highest BCUT2D eigenvalue weighted by Crippen LogP contribution is 2.24. The van der Waals surface area contributed by atoms with E-state index in [4.69, 9.17) is 10.8 Å². The normalized spacial score (nSPS) is 14.1. The van der Waals surface area contributed by atoms with Gasteiger partial charge in [0.2, 0.25) is 0 Å². The van der Waals surface area contributed by atoms with E-state index in [9.17, 15) is 4.79 Å². The molecule has 0 saturated carbocycles. The van der Waals surface area contributed by atoms with Gasteiger partial charge >= 0.3 is 0 Å². The van der Waals surface area contributed by atoms with Gasteiger partial charge in [-0.15, -0.1) is 0 Å². The fourth-order valence-electron chi connectivity index (χ4n) is 1.17. The fourth-order valence-corrected chi connectivity index (χ4v) is 1.92. The van der Waals surface area contributed by atoms with Crippen LogP contribution in [0.25, 0.3) is 0 Å². The largest absolute Gasteiger partial charge is 0.396 e. The van der Waals surface area contributed by atoms with Crippen molar-refractivity contribution < 1.29 is 9.90 Å². The van der Waals surface area contributed by atoms with Gasteiger partial charge in [-0.3, -0.25) is 4.79 Å². The van der Waals surface area contributed by atoms with Crippen LogP contribution in [-0.4, -0.2) is 35.7 Å². The summed E-state index contributed by atoms with van der Waals surface area (Å²) in [6, 6.07) is -0.118. The first-order valence-electron chi connectivity index (χ1n) is 5.35. The van der Waals surface area contributed by atoms with Crippen LogP contribution in [0.3, 0.4) is 0 Å². The summed E-state index contributed by atoms with van der Waals surface area (Å²) in [7, 11) is 1.72. The summed E-state index contributed by atoms with van der Waals surface area (Å²) in [5.74, 6) is -0.0353. The average molecular weight is 258 g/mol. The Balaban J connectivity index is 2.72. The molecule has 0 spiro atoms. The van der Waals surface area contributed by atoms with Crippen molar-refractivity contribution in [3.05, 3.63) is 4.88 Å². The molecule has 5 N–H and O–H groups in total. The number of nitrogen functional groups attached to an aromatic ring is 1. The van der Waals surface area contributed by atoms with Crippen LogP contribution in [-0.2, 0) is 0 Å². The van der Waals surface area contributed by atoms with Gasteiger partial charge in [0, 0.05) is 19.7 Å². The third-order valence-electron chi connectivity index (χ3n) is 2.57. The van der Waals surface area contributed by atoms with Gasteiger partial charge in [-0.1, -0.05) is 18.3 Å². The third kappa shape index (κ3) is 3.31. The Labute approximate surface area is 104 Å². The number of amides is 1. The van der Waals surface area contributed by atoms with E-state index in [-0.39, 0.29) is 30.3 Å². The zero-order chi connectivity index (χ0) is 13.0. The summed E-state index contributed by atoms with van der Waals surface area (Å²) >= 11 is 1.21. The average Bonchev–Trinajstić information content (AvgIpc) is 2.69. The Hall–Kier alpha value is -1.34. The summed E-state index contributed by atoms with van der Waals surface area (Å²) in [5.41, 5.74) is 5.65. The number of rotatable bonds is 5. The number of nitrogens with one attached hydrogen (secondary N) is 2. The Morgan fingerprint density at radius 2 is 2.24 bits per heavy atom. The van der Waals surface area contributed by atoms with Crippen LogP contribution in [0.4, 0.5) is 10.9 Å². The molecule has 0 radical (unpaired) electrons. The Bertz CT molecular complexity index is 394. The van der Waals surface area contributed by atoms with E-state index >= 15 is 0 Å². The van der Waals surface area contributed by atoms with Crippen molar-refractivity contribution >= 4 is 28.2 Å². The van der Waals surface area contributed by atoms with Gasteiger partial charge in [0.15, 0.2) is 5.13 Å². The molecular weight excluding hydrogens is 240 g/mol. The van der Waals surface area contributed by atoms with Gasteiger partial charge in [-0.2, -0.15) is 0 Å². The van der Waals surface area contributed by atoms with Crippen molar-refractivity contribution in [2.45, 2.75) is 19.9 Å². The van der Waals surface area contributed by atoms with Gasteiger partial charge in [-0.05, 0) is 12.8 Å². The van der Waals surface area contributed by atoms with Crippen molar-refractivity contribution in [3.63, 3.8) is 0 Å². The van der Waals surface area contributed by atoms with Crippen LogP contribution >= 0.6 is 11.3 Å². The first kappa shape index (κ1) is 13.7. The molecule has 1 aromatic heterocycles. The highest BCUT2D eigenvalue weighted by molar-refractivity contribution is 7.18. The second-order valence-electron chi connectivity index (χ2n) is 3.91. The topological polar surface area (TPSA) is 100 Å². The second-order valence-corrected chi connectivity index (χ2v) is 4.90. The van der Waals surface area contributed by atoms with E-state index in [1.165, 1.54) is 11.3 Å². The molecule has 0 aliphatic heterocycles. The number of hydrogen-bond donors (Lipinski definition) is 4. The first-order valence-corrected chi connectivity index (χ1v) is 6.17. The maximum Gasteiger partial charge on any atom is 0.265 e. The minimum Gasteiger partial charge on any atom is -0.396 e. The molecule has 2 unspecified atom stereocenters. The second kappa shape index (κ2) is 5.83. The number of aromatic nitrogens is 1. The van der Waals surface area contributed by atoms with E-state index in [1.54, 1.807) is 7.05 Å². The van der Waals surface area contributed by atoms with Crippen LogP contribution in [0.2, 0.25) is 0 Å². The first-order chi connectivity index (χ1) is 7.99. The molecule has 0 bridgehead atoms. The maximum absolute atomic E-state index is 11.9. The minimum absolute atomic E-state index is 0.00290. The van der Waals surface area contributed by atoms with Gasteiger partial charge in [0.05, 0.1) is 0 Å². The molecule has 1 amide bonds. The molecule has 0 aliphatic carbocycles. The molecule has 6 nitrogen and oxygen atoms in total. The van der Waals surface area contributed by atoms with Crippen molar-refractivity contribution in [2.24, 2.45) is 5.92 Å². The fraction of sp³-hybridized carbons (Fsp3) is 0.600. The maximum atomic E-state index is 11.9. The lowest BCUT2D eigenvalue weighted by Crippen LogP contribution is -2.38. The third-order valence-corrected chi connectivity index (χ3v) is 3.66. The number of carbonyl (C=O) groups excluding carboxylic acids is 1. The van der Waals surface area contributed by atoms with Gasteiger partial charge in [0.1, 0.15) is 10.7 Å². The molecule has 0 fully saturated rings. The number of aliphatic hydroxyl groups excluding tert-OH is 1. The highest BCUT2D eigenvalue weighted by atomic mass is 32.1. The number of anilines is 2. The molecule has 1 heterocycles. The Morgan fingerprint density at radius 3 is 2.71 bits per heavy atom. The van der Waals surface area contributed by atoms with Gasteiger partial charge < -0.3 is 21.5 Å². The SMILES string of the molecule is CNc1nc(N)c(C(=O)NC(C)C(C)CO)s1. The zero-order valence-corrected chi connectivity index (χ0v) is 11.0. The van der Waals surface area contributed by atoms with E-state index in [1.807, 2.05) is 13.8 Å². The number of hydrogen-bond acceptors (Lipinski definition) is 6. The van der Waals surface area contributed by atoms with E-state index < -0.39 is 0 Å². The molecule has 2 atom stereocenters. The zero-order valence-electron chi connectivity index (χ0n) is 10.2. The molecule has 0 aliphatic rings. The van der Waals surface area contributed by atoms with Crippen LogP contribution in [0, 0.1) is 5.92 Å². The summed E-state index contributed by atoms with van der Waals surface area (Å²) < 4.78 is 0. The number of thiazole rings is 1. The standard InChI is InChI=1S/C10H18N4O2S/c1-5(4-15)6(2)13-9(16)7-8(11)14-10(12-3)17-7/h5-6,15H,4,11H2,1-3H3,(H,12,14)(H,13,16). The van der Waals surface area contributed by atoms with E-state index in [0.717, 1.165) is 0 Å². The summed E-state index contributed by atoms with van der Waals surface area (Å²) in [6.07, 6.45) is 0. The molecule has 1 rings (SSSR count). The van der Waals surface area contributed by atoms with Crippen LogP contribution < -0.4 is 16.4 Å². The van der Waals surface area contributed by atoms with E-state index in [2.05, 4.69) is 15.6 Å². The molecule has 0 aromatic carbocycles. The van der Waals surface area contributed by atoms with Crippen LogP contribution in [0.1, 0.15) is 23.5 Å². The highest BCUT2D eigenvalue weighted by Gasteiger charge is 2.19. The quantitative estimate of drug-likeness (QED) is 0.616. The number of carbonyl (C=O) groups is 1. The lowest BCUT2D eigenvalue weighted by Gasteiger charge is -2.18. The van der Waals surface area contributed by atoms with Crippen molar-refractivity contribution in [3.8, 4) is 0 Å². The van der Waals surface area contributed by atoms with E-state index in [0.29, 0.717) is 10.0 Å². The minimum atomic E-state index is -0.255. The summed E-state index contributed by atoms with van der Waals surface area (Å²) in [6.45, 7) is 3.73. The summed E-state index contributed by atoms with van der Waals surface area (Å²) in [5, 5.41) is 15.2. The monoisotopic (exact) mass is 258 g/mol. The summed E-state index contributed by atoms with van der Waals surface area (Å²) in [4.78, 5) is 16.3. The van der Waals surface area contributed by atoms with Gasteiger partial charge in [0.25, 0.3) is 5.91 Å². The van der Waals surface area contributed by atoms with Crippen molar-refractivity contribution in [1.82, 2.24) is 10.3 Å². The lowest BCUT2D eigenvalue weighted by molar-refractivity contribution is 0.0921. The number of nitrogens with two attached hydrogens (primary N) is 1. The molecule has 96 valence electrons. The van der Waals surface area contributed by atoms with Crippen LogP contribution in [0.5, 0.6) is 0 Å². The van der Waals surface area contributed by atoms with Crippen molar-refractivity contribution in [2.75, 3.05) is 24.7 Å². The van der Waals surface area contributed by atoms with Crippen molar-refractivity contribution in [1.29, 1.82) is 0 Å². The lowest BCUT2D eigenvalue weighted by atomic mass is 10.1. The number of nitrogens with zero attached hydrogens (tertiary/aromatic N) is 1.